The Morgan fingerprint density at radius 1 is 0.906 bits per heavy atom. The maximum absolute atomic E-state index is 13.0. The Morgan fingerprint density at radius 3 is 2.12 bits per heavy atom. The largest absolute Gasteiger partial charge is 0.534 e. The highest BCUT2D eigenvalue weighted by Crippen LogP contribution is 2.31. The van der Waals surface area contributed by atoms with Gasteiger partial charge in [-0.1, -0.05) is 60.2 Å². The monoisotopic (exact) mass is 462 g/mol. The summed E-state index contributed by atoms with van der Waals surface area (Å²) in [5, 5.41) is 2.39. The molecule has 0 aliphatic rings. The molecular weight excluding hydrogens is 445 g/mol. The number of anilines is 1. The van der Waals surface area contributed by atoms with Gasteiger partial charge in [0.25, 0.3) is 5.91 Å². The molecule has 1 amide bonds. The minimum Gasteiger partial charge on any atom is -0.374 e. The van der Waals surface area contributed by atoms with Crippen LogP contribution < -0.4 is 9.50 Å². The smallest absolute Gasteiger partial charge is 0.374 e. The molecule has 0 aliphatic carbocycles. The zero-order valence-electron chi connectivity index (χ0n) is 16.6. The molecule has 0 aromatic heterocycles. The molecule has 0 fully saturated rings. The van der Waals surface area contributed by atoms with Crippen molar-refractivity contribution in [3.8, 4) is 5.75 Å². The van der Waals surface area contributed by atoms with E-state index in [9.17, 15) is 26.4 Å². The van der Waals surface area contributed by atoms with Crippen LogP contribution in [0.3, 0.4) is 0 Å². The quantitative estimate of drug-likeness (QED) is 0.318. The van der Waals surface area contributed by atoms with Gasteiger partial charge in [-0.05, 0) is 31.2 Å². The molecule has 0 atom stereocenters. The topological polar surface area (TPSA) is 84.8 Å². The van der Waals surface area contributed by atoms with Crippen LogP contribution in [-0.4, -0.2) is 25.5 Å². The molecule has 32 heavy (non-hydrogen) atoms. The zero-order valence-corrected chi connectivity index (χ0v) is 17.4. The summed E-state index contributed by atoms with van der Waals surface area (Å²) < 4.78 is 65.1. The predicted molar refractivity (Wildman–Crippen MR) is 114 cm³/mol. The second-order valence-electron chi connectivity index (χ2n) is 6.60. The third-order valence-corrected chi connectivity index (χ3v) is 5.12. The van der Waals surface area contributed by atoms with Crippen LogP contribution in [0.15, 0.2) is 83.9 Å². The fourth-order valence-electron chi connectivity index (χ4n) is 2.58. The van der Waals surface area contributed by atoms with Crippen LogP contribution in [0.4, 0.5) is 24.5 Å². The van der Waals surface area contributed by atoms with E-state index in [1.807, 2.05) is 19.1 Å². The van der Waals surface area contributed by atoms with Gasteiger partial charge in [-0.25, -0.2) is 4.99 Å². The number of amides is 1. The van der Waals surface area contributed by atoms with E-state index in [1.165, 1.54) is 18.2 Å². The maximum atomic E-state index is 13.0. The van der Waals surface area contributed by atoms with Crippen molar-refractivity contribution in [2.75, 3.05) is 5.32 Å². The Hall–Kier alpha value is -3.66. The lowest BCUT2D eigenvalue weighted by Gasteiger charge is -2.14. The number of nitrogens with zero attached hydrogens (tertiary/aromatic N) is 1. The molecule has 0 unspecified atom stereocenters. The second-order valence-corrected chi connectivity index (χ2v) is 8.13. The lowest BCUT2D eigenvalue weighted by molar-refractivity contribution is -0.110. The fraction of sp³-hybridized carbons (Fsp3) is 0.0909. The Labute approximate surface area is 182 Å². The number of para-hydroxylation sites is 2. The van der Waals surface area contributed by atoms with Gasteiger partial charge in [0.1, 0.15) is 5.71 Å². The third kappa shape index (κ3) is 5.52. The van der Waals surface area contributed by atoms with E-state index in [2.05, 4.69) is 14.5 Å². The van der Waals surface area contributed by atoms with Crippen molar-refractivity contribution in [2.45, 2.75) is 12.4 Å². The first kappa shape index (κ1) is 23.0. The minimum absolute atomic E-state index is 0.0251. The number of carbonyl (C=O) groups is 1. The van der Waals surface area contributed by atoms with E-state index in [0.717, 1.165) is 11.6 Å². The van der Waals surface area contributed by atoms with Crippen molar-refractivity contribution < 1.29 is 30.6 Å². The van der Waals surface area contributed by atoms with Crippen molar-refractivity contribution in [2.24, 2.45) is 4.99 Å². The average molecular weight is 462 g/mol. The normalized spacial score (nSPS) is 12.3. The Kier molecular flexibility index (Phi) is 6.64. The Morgan fingerprint density at radius 2 is 1.50 bits per heavy atom. The Bertz CT molecular complexity index is 1240. The highest BCUT2D eigenvalue weighted by molar-refractivity contribution is 7.88. The van der Waals surface area contributed by atoms with E-state index < -0.39 is 27.3 Å². The van der Waals surface area contributed by atoms with Crippen molar-refractivity contribution in [1.82, 2.24) is 0 Å². The maximum Gasteiger partial charge on any atom is 0.534 e. The van der Waals surface area contributed by atoms with Crippen LogP contribution in [0.2, 0.25) is 0 Å². The third-order valence-electron chi connectivity index (χ3n) is 4.16. The molecule has 6 nitrogen and oxygen atoms in total. The molecule has 3 aromatic carbocycles. The molecule has 0 saturated heterocycles. The molecule has 0 radical (unpaired) electrons. The molecule has 0 heterocycles. The summed E-state index contributed by atoms with van der Waals surface area (Å²) in [5.74, 6) is -1.45. The van der Waals surface area contributed by atoms with Gasteiger partial charge in [-0.2, -0.15) is 21.6 Å². The van der Waals surface area contributed by atoms with E-state index >= 15 is 0 Å². The number of carbonyl (C=O) groups excluding carboxylic acids is 1. The molecule has 3 aromatic rings. The number of rotatable bonds is 6. The second kappa shape index (κ2) is 9.23. The van der Waals surface area contributed by atoms with E-state index in [4.69, 9.17) is 0 Å². The molecule has 1 N–H and O–H groups in total. The fourth-order valence-corrected chi connectivity index (χ4v) is 3.06. The average Bonchev–Trinajstić information content (AvgIpc) is 2.74. The van der Waals surface area contributed by atoms with Crippen molar-refractivity contribution in [1.29, 1.82) is 0 Å². The summed E-state index contributed by atoms with van der Waals surface area (Å²) >= 11 is 0. The van der Waals surface area contributed by atoms with Gasteiger partial charge in [0.05, 0.1) is 11.4 Å². The molecule has 0 aliphatic heterocycles. The number of alkyl halides is 3. The van der Waals surface area contributed by atoms with Gasteiger partial charge in [0.15, 0.2) is 5.75 Å². The first-order chi connectivity index (χ1) is 15.1. The number of aliphatic imine (C=N–C) groups is 1. The summed E-state index contributed by atoms with van der Waals surface area (Å²) in [7, 11) is -5.92. The van der Waals surface area contributed by atoms with E-state index in [0.29, 0.717) is 11.3 Å². The van der Waals surface area contributed by atoms with Gasteiger partial charge in [-0.3, -0.25) is 4.79 Å². The molecule has 166 valence electrons. The van der Waals surface area contributed by atoms with Gasteiger partial charge >= 0.3 is 15.6 Å². The standard InChI is InChI=1S/C22H17F3N2O4S/c1-15-11-13-17(14-12-15)26-20(16-7-3-2-4-8-16)21(28)27-18-9-5-6-10-19(18)31-32(29,30)22(23,24)25/h2-14H,1H3,(H,27,28). The summed E-state index contributed by atoms with van der Waals surface area (Å²) in [4.78, 5) is 17.4. The molecular formula is C22H17F3N2O4S. The van der Waals surface area contributed by atoms with Crippen molar-refractivity contribution >= 4 is 33.1 Å². The lowest BCUT2D eigenvalue weighted by atomic mass is 10.1. The summed E-state index contributed by atoms with van der Waals surface area (Å²) in [6, 6.07) is 20.3. The van der Waals surface area contributed by atoms with Crippen molar-refractivity contribution in [3.05, 3.63) is 90.0 Å². The highest BCUT2D eigenvalue weighted by Gasteiger charge is 2.48. The molecule has 0 spiro atoms. The number of aryl methyl sites for hydroxylation is 1. The van der Waals surface area contributed by atoms with Crippen LogP contribution in [0.5, 0.6) is 5.75 Å². The van der Waals surface area contributed by atoms with Gasteiger partial charge in [0, 0.05) is 5.56 Å². The van der Waals surface area contributed by atoms with Gasteiger partial charge in [0.2, 0.25) is 0 Å². The summed E-state index contributed by atoms with van der Waals surface area (Å²) in [6.07, 6.45) is 0. The SMILES string of the molecule is Cc1ccc(N=C(C(=O)Nc2ccccc2OS(=O)(=O)C(F)(F)F)c2ccccc2)cc1. The van der Waals surface area contributed by atoms with Gasteiger partial charge in [-0.15, -0.1) is 0 Å². The van der Waals surface area contributed by atoms with Crippen LogP contribution in [-0.2, 0) is 14.9 Å². The summed E-state index contributed by atoms with van der Waals surface area (Å²) in [6.45, 7) is 1.89. The highest BCUT2D eigenvalue weighted by atomic mass is 32.2. The Balaban J connectivity index is 1.97. The van der Waals surface area contributed by atoms with Crippen molar-refractivity contribution in [3.63, 3.8) is 0 Å². The minimum atomic E-state index is -5.92. The lowest BCUT2D eigenvalue weighted by Crippen LogP contribution is -2.29. The van der Waals surface area contributed by atoms with Gasteiger partial charge < -0.3 is 9.50 Å². The number of hydrogen-bond donors (Lipinski definition) is 1. The summed E-state index contributed by atoms with van der Waals surface area (Å²) in [5.41, 5.74) is -3.99. The van der Waals surface area contributed by atoms with Crippen LogP contribution in [0.25, 0.3) is 0 Å². The first-order valence-corrected chi connectivity index (χ1v) is 10.6. The number of halogens is 3. The van der Waals surface area contributed by atoms with E-state index in [1.54, 1.807) is 42.5 Å². The van der Waals surface area contributed by atoms with Crippen LogP contribution in [0.1, 0.15) is 11.1 Å². The van der Waals surface area contributed by atoms with Crippen LogP contribution in [0, 0.1) is 6.92 Å². The number of hydrogen-bond acceptors (Lipinski definition) is 5. The van der Waals surface area contributed by atoms with Crippen LogP contribution >= 0.6 is 0 Å². The predicted octanol–water partition coefficient (Wildman–Crippen LogP) is 4.98. The first-order valence-electron chi connectivity index (χ1n) is 9.19. The molecule has 3 rings (SSSR count). The van der Waals surface area contributed by atoms with E-state index in [-0.39, 0.29) is 11.4 Å². The molecule has 0 bridgehead atoms. The molecule has 0 saturated carbocycles. The number of nitrogens with one attached hydrogen (secondary N) is 1. The zero-order chi connectivity index (χ0) is 23.4. The molecule has 10 heteroatoms. The number of benzene rings is 3.